The van der Waals surface area contributed by atoms with E-state index in [9.17, 15) is 20.0 Å². The number of rotatable bonds is 7. The molecule has 6 nitrogen and oxygen atoms in total. The zero-order valence-electron chi connectivity index (χ0n) is 12.9. The van der Waals surface area contributed by atoms with Gasteiger partial charge in [0.25, 0.3) is 5.69 Å². The zero-order chi connectivity index (χ0) is 16.2. The molecule has 0 unspecified atom stereocenters. The van der Waals surface area contributed by atoms with Crippen molar-refractivity contribution in [3.8, 4) is 0 Å². The van der Waals surface area contributed by atoms with E-state index in [1.807, 2.05) is 13.8 Å². The molecule has 0 saturated heterocycles. The van der Waals surface area contributed by atoms with E-state index < -0.39 is 10.9 Å². The summed E-state index contributed by atoms with van der Waals surface area (Å²) in [7, 11) is 0. The van der Waals surface area contributed by atoms with Crippen LogP contribution >= 0.6 is 0 Å². The highest BCUT2D eigenvalue weighted by Crippen LogP contribution is 2.24. The van der Waals surface area contributed by atoms with E-state index in [1.165, 1.54) is 12.1 Å². The molecular formula is C15H22N2O4. The van der Waals surface area contributed by atoms with E-state index in [0.717, 1.165) is 6.54 Å². The Kier molecular flexibility index (Phi) is 5.84. The Morgan fingerprint density at radius 2 is 1.95 bits per heavy atom. The highest BCUT2D eigenvalue weighted by atomic mass is 16.6. The minimum Gasteiger partial charge on any atom is -0.477 e. The second kappa shape index (κ2) is 7.17. The Balaban J connectivity index is 3.20. The smallest absolute Gasteiger partial charge is 0.343 e. The Morgan fingerprint density at radius 1 is 1.33 bits per heavy atom. The summed E-state index contributed by atoms with van der Waals surface area (Å²) in [6, 6.07) is 4.64. The second-order valence-corrected chi connectivity index (χ2v) is 5.79. The van der Waals surface area contributed by atoms with Crippen LogP contribution in [0.3, 0.4) is 0 Å². The maximum Gasteiger partial charge on any atom is 0.343 e. The molecule has 0 atom stereocenters. The fraction of sp³-hybridized carbons (Fsp3) is 0.533. The first kappa shape index (κ1) is 17.1. The first-order valence-electron chi connectivity index (χ1n) is 6.97. The van der Waals surface area contributed by atoms with Gasteiger partial charge in [0, 0.05) is 25.2 Å². The number of hydrogen-bond acceptors (Lipinski definition) is 4. The Labute approximate surface area is 124 Å². The standard InChI is InChI=1S/C15H22N2O4/c1-10(2)8-16(11(3)4)9-12-6-5-7-13(17(20)21)14(12)15(18)19/h5-7,10-11H,8-9H2,1-4H3,(H,18,19). The topological polar surface area (TPSA) is 83.7 Å². The van der Waals surface area contributed by atoms with Crippen molar-refractivity contribution in [1.29, 1.82) is 0 Å². The van der Waals surface area contributed by atoms with Gasteiger partial charge in [-0.2, -0.15) is 0 Å². The lowest BCUT2D eigenvalue weighted by atomic mass is 10.0. The third-order valence-electron chi connectivity index (χ3n) is 3.24. The first-order chi connectivity index (χ1) is 9.73. The summed E-state index contributed by atoms with van der Waals surface area (Å²) in [5, 5.41) is 20.3. The van der Waals surface area contributed by atoms with Gasteiger partial charge < -0.3 is 5.11 Å². The Hall–Kier alpha value is -1.95. The predicted octanol–water partition coefficient (Wildman–Crippen LogP) is 3.16. The molecule has 0 amide bonds. The number of carboxylic acid groups (broad SMARTS) is 1. The summed E-state index contributed by atoms with van der Waals surface area (Å²) in [5.74, 6) is -0.829. The lowest BCUT2D eigenvalue weighted by Gasteiger charge is -2.28. The van der Waals surface area contributed by atoms with Gasteiger partial charge >= 0.3 is 5.97 Å². The largest absolute Gasteiger partial charge is 0.477 e. The summed E-state index contributed by atoms with van der Waals surface area (Å²) < 4.78 is 0. The average molecular weight is 294 g/mol. The van der Waals surface area contributed by atoms with Crippen molar-refractivity contribution in [1.82, 2.24) is 4.90 Å². The van der Waals surface area contributed by atoms with Crippen LogP contribution in [0.2, 0.25) is 0 Å². The van der Waals surface area contributed by atoms with Gasteiger partial charge in [0.15, 0.2) is 0 Å². The van der Waals surface area contributed by atoms with Crippen LogP contribution in [0, 0.1) is 16.0 Å². The van der Waals surface area contributed by atoms with Gasteiger partial charge in [0.2, 0.25) is 0 Å². The average Bonchev–Trinajstić information content (AvgIpc) is 2.36. The van der Waals surface area contributed by atoms with Gasteiger partial charge in [-0.3, -0.25) is 15.0 Å². The number of nitro benzene ring substituents is 1. The van der Waals surface area contributed by atoms with Crippen molar-refractivity contribution < 1.29 is 14.8 Å². The normalized spacial score (nSPS) is 11.4. The van der Waals surface area contributed by atoms with Gasteiger partial charge in [0.1, 0.15) is 5.56 Å². The number of nitro groups is 1. The van der Waals surface area contributed by atoms with Crippen molar-refractivity contribution in [2.75, 3.05) is 6.54 Å². The van der Waals surface area contributed by atoms with Crippen molar-refractivity contribution in [3.05, 3.63) is 39.4 Å². The molecule has 0 aliphatic rings. The fourth-order valence-electron chi connectivity index (χ4n) is 2.26. The Morgan fingerprint density at radius 3 is 2.38 bits per heavy atom. The molecule has 0 spiro atoms. The van der Waals surface area contributed by atoms with E-state index in [0.29, 0.717) is 18.0 Å². The molecule has 0 bridgehead atoms. The molecule has 0 heterocycles. The van der Waals surface area contributed by atoms with E-state index >= 15 is 0 Å². The third-order valence-corrected chi connectivity index (χ3v) is 3.24. The first-order valence-corrected chi connectivity index (χ1v) is 6.97. The predicted molar refractivity (Wildman–Crippen MR) is 80.4 cm³/mol. The molecule has 6 heteroatoms. The second-order valence-electron chi connectivity index (χ2n) is 5.79. The van der Waals surface area contributed by atoms with Crippen molar-refractivity contribution in [3.63, 3.8) is 0 Å². The van der Waals surface area contributed by atoms with Gasteiger partial charge in [0.05, 0.1) is 4.92 Å². The van der Waals surface area contributed by atoms with Crippen molar-refractivity contribution in [2.24, 2.45) is 5.92 Å². The van der Waals surface area contributed by atoms with Crippen LogP contribution in [0.4, 0.5) is 5.69 Å². The summed E-state index contributed by atoms with van der Waals surface area (Å²) in [6.07, 6.45) is 0. The number of benzene rings is 1. The maximum absolute atomic E-state index is 11.4. The molecule has 0 fully saturated rings. The third kappa shape index (κ3) is 4.53. The van der Waals surface area contributed by atoms with Crippen LogP contribution in [-0.4, -0.2) is 33.5 Å². The molecule has 21 heavy (non-hydrogen) atoms. The van der Waals surface area contributed by atoms with Gasteiger partial charge in [-0.15, -0.1) is 0 Å². The van der Waals surface area contributed by atoms with Crippen LogP contribution in [0.15, 0.2) is 18.2 Å². The van der Waals surface area contributed by atoms with E-state index in [4.69, 9.17) is 0 Å². The molecule has 0 aromatic heterocycles. The Bertz CT molecular complexity index is 526. The lowest BCUT2D eigenvalue weighted by molar-refractivity contribution is -0.385. The number of aromatic carboxylic acids is 1. The number of nitrogens with zero attached hydrogens (tertiary/aromatic N) is 2. The number of carbonyl (C=O) groups is 1. The number of carboxylic acids is 1. The van der Waals surface area contributed by atoms with Crippen molar-refractivity contribution >= 4 is 11.7 Å². The minimum absolute atomic E-state index is 0.211. The van der Waals surface area contributed by atoms with E-state index in [-0.39, 0.29) is 17.3 Å². The van der Waals surface area contributed by atoms with Gasteiger partial charge in [-0.1, -0.05) is 26.0 Å². The zero-order valence-corrected chi connectivity index (χ0v) is 12.9. The fourth-order valence-corrected chi connectivity index (χ4v) is 2.26. The molecule has 0 aliphatic heterocycles. The molecule has 0 saturated carbocycles. The molecule has 1 rings (SSSR count). The molecule has 1 aromatic carbocycles. The van der Waals surface area contributed by atoms with Crippen LogP contribution in [-0.2, 0) is 6.54 Å². The minimum atomic E-state index is -1.26. The molecule has 116 valence electrons. The molecule has 0 aliphatic carbocycles. The van der Waals surface area contributed by atoms with Crippen molar-refractivity contribution in [2.45, 2.75) is 40.3 Å². The SMILES string of the molecule is CC(C)CN(Cc1cccc([N+](=O)[O-])c1C(=O)O)C(C)C. The molecule has 1 aromatic rings. The molecule has 1 N–H and O–H groups in total. The summed E-state index contributed by atoms with van der Waals surface area (Å²) in [4.78, 5) is 23.9. The lowest BCUT2D eigenvalue weighted by Crippen LogP contribution is -2.34. The van der Waals surface area contributed by atoms with E-state index in [1.54, 1.807) is 6.07 Å². The molecular weight excluding hydrogens is 272 g/mol. The van der Waals surface area contributed by atoms with Crippen LogP contribution in [0.25, 0.3) is 0 Å². The van der Waals surface area contributed by atoms with Gasteiger partial charge in [-0.25, -0.2) is 4.79 Å². The molecule has 0 radical (unpaired) electrons. The number of hydrogen-bond donors (Lipinski definition) is 1. The monoisotopic (exact) mass is 294 g/mol. The van der Waals surface area contributed by atoms with Crippen LogP contribution < -0.4 is 0 Å². The van der Waals surface area contributed by atoms with E-state index in [2.05, 4.69) is 18.7 Å². The maximum atomic E-state index is 11.4. The summed E-state index contributed by atoms with van der Waals surface area (Å²) in [5.41, 5.74) is -0.0868. The van der Waals surface area contributed by atoms with Crippen LogP contribution in [0.5, 0.6) is 0 Å². The highest BCUT2D eigenvalue weighted by Gasteiger charge is 2.25. The summed E-state index contributed by atoms with van der Waals surface area (Å²) >= 11 is 0. The highest BCUT2D eigenvalue weighted by molar-refractivity contribution is 5.94. The summed E-state index contributed by atoms with van der Waals surface area (Å²) in [6.45, 7) is 9.42. The van der Waals surface area contributed by atoms with Gasteiger partial charge in [-0.05, 0) is 25.3 Å². The quantitative estimate of drug-likeness (QED) is 0.617. The van der Waals surface area contributed by atoms with Crippen LogP contribution in [0.1, 0.15) is 43.6 Å².